The van der Waals surface area contributed by atoms with Crippen molar-refractivity contribution in [2.24, 2.45) is 0 Å². The number of ether oxygens (including phenoxy) is 1. The molecular formula is C23H36N2O7S2. The highest BCUT2D eigenvalue weighted by Gasteiger charge is 2.09. The molecule has 0 spiro atoms. The molecule has 34 heavy (non-hydrogen) atoms. The van der Waals surface area contributed by atoms with Crippen LogP contribution in [0, 0.1) is 0 Å². The highest BCUT2D eigenvalue weighted by molar-refractivity contribution is 7.86. The van der Waals surface area contributed by atoms with Crippen molar-refractivity contribution >= 4 is 31.6 Å². The number of benzene rings is 2. The normalized spacial score (nSPS) is 11.3. The first-order chi connectivity index (χ1) is 16.0. The summed E-state index contributed by atoms with van der Waals surface area (Å²) in [6, 6.07) is 17.4. The topological polar surface area (TPSA) is 124 Å². The van der Waals surface area contributed by atoms with Gasteiger partial charge in [-0.05, 0) is 51.0 Å². The number of para-hydroxylation sites is 1. The number of methoxy groups -OCH3 is 1. The van der Waals surface area contributed by atoms with Crippen molar-refractivity contribution in [2.75, 3.05) is 54.6 Å². The highest BCUT2D eigenvalue weighted by Crippen LogP contribution is 2.21. The summed E-state index contributed by atoms with van der Waals surface area (Å²) in [6.45, 7) is 6.78. The summed E-state index contributed by atoms with van der Waals surface area (Å²) in [4.78, 5) is 4.11. The van der Waals surface area contributed by atoms with E-state index in [1.807, 2.05) is 73.3 Å². The van der Waals surface area contributed by atoms with Crippen molar-refractivity contribution in [1.82, 2.24) is 0 Å². The molecule has 0 heterocycles. The zero-order valence-corrected chi connectivity index (χ0v) is 21.6. The number of nitrogens with zero attached hydrogens (tertiary/aromatic N) is 2. The molecule has 0 atom stereocenters. The number of rotatable bonds is 13. The lowest BCUT2D eigenvalue weighted by atomic mass is 10.2. The van der Waals surface area contributed by atoms with Gasteiger partial charge < -0.3 is 14.5 Å². The molecule has 11 heteroatoms. The van der Waals surface area contributed by atoms with Crippen molar-refractivity contribution in [3.63, 3.8) is 0 Å². The lowest BCUT2D eigenvalue weighted by molar-refractivity contribution is 0.414. The third-order valence-corrected chi connectivity index (χ3v) is 6.57. The van der Waals surface area contributed by atoms with Crippen molar-refractivity contribution < 1.29 is 30.7 Å². The smallest absolute Gasteiger partial charge is 0.264 e. The van der Waals surface area contributed by atoms with Gasteiger partial charge in [-0.2, -0.15) is 16.8 Å². The van der Waals surface area contributed by atoms with Crippen LogP contribution in [-0.2, 0) is 20.2 Å². The first kappa shape index (κ1) is 29.7. The molecule has 0 bridgehead atoms. The molecule has 0 radical (unpaired) electrons. The Bertz CT molecular complexity index is 1050. The summed E-state index contributed by atoms with van der Waals surface area (Å²) in [5, 5.41) is 0. The van der Waals surface area contributed by atoms with Gasteiger partial charge in [0.15, 0.2) is 0 Å². The third-order valence-electron chi connectivity index (χ3n) is 4.96. The predicted octanol–water partition coefficient (Wildman–Crippen LogP) is 3.59. The molecule has 0 amide bonds. The zero-order chi connectivity index (χ0) is 25.6. The fourth-order valence-corrected chi connectivity index (χ4v) is 4.25. The van der Waals surface area contributed by atoms with Crippen LogP contribution in [-0.4, -0.2) is 70.7 Å². The number of hydrogen-bond acceptors (Lipinski definition) is 7. The molecule has 0 saturated heterocycles. The van der Waals surface area contributed by atoms with Gasteiger partial charge in [0.05, 0.1) is 18.6 Å². The van der Waals surface area contributed by atoms with E-state index < -0.39 is 20.2 Å². The minimum atomic E-state index is -3.87. The van der Waals surface area contributed by atoms with Crippen LogP contribution in [0.1, 0.15) is 26.7 Å². The van der Waals surface area contributed by atoms with E-state index in [4.69, 9.17) is 13.8 Å². The van der Waals surface area contributed by atoms with E-state index in [1.54, 1.807) is 7.11 Å². The average molecular weight is 517 g/mol. The van der Waals surface area contributed by atoms with Crippen molar-refractivity contribution in [3.05, 3.63) is 54.6 Å². The van der Waals surface area contributed by atoms with Crippen LogP contribution in [0.25, 0.3) is 0 Å². The highest BCUT2D eigenvalue weighted by atomic mass is 32.2. The Kier molecular flexibility index (Phi) is 12.9. The van der Waals surface area contributed by atoms with Gasteiger partial charge in [0, 0.05) is 43.6 Å². The maximum Gasteiger partial charge on any atom is 0.264 e. The van der Waals surface area contributed by atoms with Crippen molar-refractivity contribution in [2.45, 2.75) is 26.7 Å². The quantitative estimate of drug-likeness (QED) is 0.384. The fourth-order valence-electron chi connectivity index (χ4n) is 3.26. The summed E-state index contributed by atoms with van der Waals surface area (Å²) in [5.74, 6) is 0.366. The van der Waals surface area contributed by atoms with E-state index in [0.29, 0.717) is 25.9 Å². The Balaban J connectivity index is 0.000000342. The second-order valence-corrected chi connectivity index (χ2v) is 10.6. The summed E-state index contributed by atoms with van der Waals surface area (Å²) in [5.41, 5.74) is 2.05. The van der Waals surface area contributed by atoms with Crippen LogP contribution in [0.4, 0.5) is 11.4 Å². The van der Waals surface area contributed by atoms with Crippen LogP contribution in [0.5, 0.6) is 5.75 Å². The van der Waals surface area contributed by atoms with Crippen molar-refractivity contribution in [1.29, 1.82) is 0 Å². The predicted molar refractivity (Wildman–Crippen MR) is 137 cm³/mol. The van der Waals surface area contributed by atoms with Gasteiger partial charge in [-0.3, -0.25) is 9.11 Å². The Hall–Kier alpha value is -2.34. The lowest BCUT2D eigenvalue weighted by Crippen LogP contribution is -2.25. The van der Waals surface area contributed by atoms with Crippen LogP contribution < -0.4 is 14.5 Å². The van der Waals surface area contributed by atoms with Gasteiger partial charge in [0.1, 0.15) is 5.75 Å². The van der Waals surface area contributed by atoms with Crippen molar-refractivity contribution in [3.8, 4) is 5.75 Å². The van der Waals surface area contributed by atoms with Gasteiger partial charge in [0.2, 0.25) is 0 Å². The molecule has 0 fully saturated rings. The summed E-state index contributed by atoms with van der Waals surface area (Å²) in [7, 11) is -6.11. The molecule has 0 aliphatic carbocycles. The Morgan fingerprint density at radius 3 is 1.65 bits per heavy atom. The van der Waals surface area contributed by atoms with E-state index in [2.05, 4.69) is 4.90 Å². The van der Waals surface area contributed by atoms with Gasteiger partial charge in [-0.1, -0.05) is 24.3 Å². The molecule has 2 aromatic rings. The molecule has 9 nitrogen and oxygen atoms in total. The van der Waals surface area contributed by atoms with E-state index in [0.717, 1.165) is 30.2 Å². The molecule has 0 aliphatic rings. The largest absolute Gasteiger partial charge is 0.497 e. The molecule has 2 N–H and O–H groups in total. The molecule has 0 unspecified atom stereocenters. The molecule has 2 aromatic carbocycles. The fraction of sp³-hybridized carbons (Fsp3) is 0.478. The maximum absolute atomic E-state index is 10.7. The minimum Gasteiger partial charge on any atom is -0.497 e. The molecular weight excluding hydrogens is 480 g/mol. The second kappa shape index (κ2) is 14.8. The molecule has 192 valence electrons. The maximum atomic E-state index is 10.7. The molecule has 0 aliphatic heterocycles. The number of hydrogen-bond donors (Lipinski definition) is 2. The Morgan fingerprint density at radius 2 is 1.21 bits per heavy atom. The summed E-state index contributed by atoms with van der Waals surface area (Å²) < 4.78 is 64.9. The third kappa shape index (κ3) is 12.8. The molecule has 2 rings (SSSR count). The first-order valence-corrected chi connectivity index (χ1v) is 14.3. The standard InChI is InChI=1S/C12H19NO4S.C11H17NO3S/c1-3-13(8-5-9-18(14,15)16)11-6-4-7-12(10-11)17-2;1-2-12(9-6-10-16(13,14)15)11-7-4-3-5-8-11/h4,6-7,10H,3,5,8-9H2,1-2H3,(H,14,15,16);3-5,7-8H,2,6,9-10H2,1H3,(H,13,14,15). The van der Waals surface area contributed by atoms with E-state index in [-0.39, 0.29) is 11.5 Å². The second-order valence-electron chi connectivity index (χ2n) is 7.48. The van der Waals surface area contributed by atoms with Crippen LogP contribution in [0.3, 0.4) is 0 Å². The van der Waals surface area contributed by atoms with E-state index in [9.17, 15) is 16.8 Å². The van der Waals surface area contributed by atoms with Gasteiger partial charge in [0.25, 0.3) is 20.2 Å². The SMILES string of the molecule is CCN(CCCS(=O)(=O)O)c1cccc(OC)c1.CCN(CCCS(=O)(=O)O)c1ccccc1. The van der Waals surface area contributed by atoms with Gasteiger partial charge in [-0.15, -0.1) is 0 Å². The molecule has 0 saturated carbocycles. The Morgan fingerprint density at radius 1 is 0.735 bits per heavy atom. The van der Waals surface area contributed by atoms with E-state index >= 15 is 0 Å². The van der Waals surface area contributed by atoms with Crippen LogP contribution in [0.2, 0.25) is 0 Å². The Labute approximate surface area is 203 Å². The van der Waals surface area contributed by atoms with Crippen LogP contribution in [0.15, 0.2) is 54.6 Å². The summed E-state index contributed by atoms with van der Waals surface area (Å²) in [6.07, 6.45) is 0.825. The van der Waals surface area contributed by atoms with Crippen LogP contribution >= 0.6 is 0 Å². The van der Waals surface area contributed by atoms with Gasteiger partial charge in [-0.25, -0.2) is 0 Å². The first-order valence-electron chi connectivity index (χ1n) is 11.1. The number of anilines is 2. The van der Waals surface area contributed by atoms with E-state index in [1.165, 1.54) is 0 Å². The summed E-state index contributed by atoms with van der Waals surface area (Å²) >= 11 is 0. The zero-order valence-electron chi connectivity index (χ0n) is 20.0. The monoisotopic (exact) mass is 516 g/mol. The minimum absolute atomic E-state index is 0.184. The lowest BCUT2D eigenvalue weighted by Gasteiger charge is -2.23. The molecule has 0 aromatic heterocycles. The average Bonchev–Trinajstić information content (AvgIpc) is 2.79. The van der Waals surface area contributed by atoms with Gasteiger partial charge >= 0.3 is 0 Å².